The zero-order valence-corrected chi connectivity index (χ0v) is 16.1. The normalized spacial score (nSPS) is 22.2. The Balaban J connectivity index is 2.50. The van der Waals surface area contributed by atoms with E-state index in [2.05, 4.69) is 0 Å². The van der Waals surface area contributed by atoms with Gasteiger partial charge >= 0.3 is 7.60 Å². The highest BCUT2D eigenvalue weighted by molar-refractivity contribution is 7.55. The van der Waals surface area contributed by atoms with Crippen molar-refractivity contribution in [2.45, 2.75) is 51.7 Å². The molecule has 1 aliphatic rings. The highest BCUT2D eigenvalue weighted by Crippen LogP contribution is 2.60. The molecular formula is C18H28NO4P. The molecule has 1 aromatic rings. The van der Waals surface area contributed by atoms with E-state index < -0.39 is 13.3 Å². The minimum atomic E-state index is -3.54. The van der Waals surface area contributed by atoms with Crippen LogP contribution in [0.1, 0.15) is 46.1 Å². The first-order valence-corrected chi connectivity index (χ1v) is 10.1. The van der Waals surface area contributed by atoms with Gasteiger partial charge in [0, 0.05) is 18.0 Å². The van der Waals surface area contributed by atoms with Gasteiger partial charge in [0.15, 0.2) is 0 Å². The number of carbonyl (C=O) groups excluding carboxylic acids is 1. The number of likely N-dealkylation sites (tertiary alicyclic amines) is 1. The Labute approximate surface area is 144 Å². The topological polar surface area (TPSA) is 55.8 Å². The average Bonchev–Trinajstić information content (AvgIpc) is 2.87. The van der Waals surface area contributed by atoms with Gasteiger partial charge in [0.1, 0.15) is 5.66 Å². The molecule has 1 fully saturated rings. The third kappa shape index (κ3) is 3.74. The predicted octanol–water partition coefficient (Wildman–Crippen LogP) is 4.05. The van der Waals surface area contributed by atoms with Gasteiger partial charge in [0.25, 0.3) is 0 Å². The lowest BCUT2D eigenvalue weighted by Crippen LogP contribution is -2.44. The van der Waals surface area contributed by atoms with Crippen molar-refractivity contribution in [3.63, 3.8) is 0 Å². The van der Waals surface area contributed by atoms with Crippen LogP contribution in [0.15, 0.2) is 30.3 Å². The summed E-state index contributed by atoms with van der Waals surface area (Å²) in [5, 5.41) is 0. The average molecular weight is 353 g/mol. The number of hydrogen-bond acceptors (Lipinski definition) is 4. The monoisotopic (exact) mass is 353 g/mol. The fraction of sp³-hybridized carbons (Fsp3) is 0.611. The Hall–Kier alpha value is -1.16. The van der Waals surface area contributed by atoms with E-state index in [0.29, 0.717) is 6.54 Å². The van der Waals surface area contributed by atoms with Crippen molar-refractivity contribution in [1.29, 1.82) is 0 Å². The molecule has 1 amide bonds. The van der Waals surface area contributed by atoms with Gasteiger partial charge < -0.3 is 13.9 Å². The summed E-state index contributed by atoms with van der Waals surface area (Å²) in [5.74, 6) is -0.358. The molecule has 24 heavy (non-hydrogen) atoms. The van der Waals surface area contributed by atoms with Gasteiger partial charge in [-0.15, -0.1) is 0 Å². The van der Waals surface area contributed by atoms with Crippen LogP contribution in [0, 0.1) is 0 Å². The standard InChI is InChI=1S/C18H28NO4P/c1-6-22-24(21,23-7-2)16-15(14-11-9-8-10-12-14)13-19(17(16)20)18(3,4)5/h8-12,15-16H,6-7,13H2,1-5H3. The van der Waals surface area contributed by atoms with Gasteiger partial charge in [0.2, 0.25) is 5.91 Å². The van der Waals surface area contributed by atoms with E-state index >= 15 is 0 Å². The number of benzene rings is 1. The Bertz CT molecular complexity index is 601. The van der Waals surface area contributed by atoms with Crippen LogP contribution < -0.4 is 0 Å². The minimum absolute atomic E-state index is 0.151. The molecule has 6 heteroatoms. The highest BCUT2D eigenvalue weighted by atomic mass is 31.2. The molecule has 2 atom stereocenters. The summed E-state index contributed by atoms with van der Waals surface area (Å²) in [5.41, 5.74) is -0.150. The Morgan fingerprint density at radius 3 is 2.12 bits per heavy atom. The lowest BCUT2D eigenvalue weighted by molar-refractivity contribution is -0.131. The minimum Gasteiger partial charge on any atom is -0.336 e. The quantitative estimate of drug-likeness (QED) is 0.724. The second-order valence-corrected chi connectivity index (χ2v) is 9.11. The number of amides is 1. The molecule has 0 aliphatic carbocycles. The van der Waals surface area contributed by atoms with Gasteiger partial charge in [-0.2, -0.15) is 0 Å². The Kier molecular flexibility index (Phi) is 5.90. The van der Waals surface area contributed by atoms with Crippen LogP contribution in [0.2, 0.25) is 0 Å². The van der Waals surface area contributed by atoms with Gasteiger partial charge in [-0.1, -0.05) is 30.3 Å². The number of hydrogen-bond donors (Lipinski definition) is 0. The first-order valence-electron chi connectivity index (χ1n) is 8.49. The molecule has 2 rings (SSSR count). The Morgan fingerprint density at radius 2 is 1.67 bits per heavy atom. The molecule has 0 radical (unpaired) electrons. The summed E-state index contributed by atoms with van der Waals surface area (Å²) < 4.78 is 24.4. The zero-order chi connectivity index (χ0) is 18.0. The number of carbonyl (C=O) groups is 1. The van der Waals surface area contributed by atoms with E-state index in [4.69, 9.17) is 9.05 Å². The SMILES string of the molecule is CCOP(=O)(OCC)C1C(=O)N(C(C)(C)C)CC1c1ccccc1. The molecule has 1 aliphatic heterocycles. The second kappa shape index (κ2) is 7.38. The lowest BCUT2D eigenvalue weighted by atomic mass is 9.98. The summed E-state index contributed by atoms with van der Waals surface area (Å²) in [6.07, 6.45) is 0. The summed E-state index contributed by atoms with van der Waals surface area (Å²) in [6, 6.07) is 9.74. The van der Waals surface area contributed by atoms with Crippen molar-refractivity contribution >= 4 is 13.5 Å². The van der Waals surface area contributed by atoms with Crippen LogP contribution in [0.4, 0.5) is 0 Å². The van der Waals surface area contributed by atoms with Gasteiger partial charge in [-0.3, -0.25) is 9.36 Å². The van der Waals surface area contributed by atoms with E-state index in [-0.39, 0.29) is 30.6 Å². The van der Waals surface area contributed by atoms with Crippen LogP contribution in [-0.2, 0) is 18.4 Å². The van der Waals surface area contributed by atoms with Crippen molar-refractivity contribution < 1.29 is 18.4 Å². The van der Waals surface area contributed by atoms with E-state index in [1.54, 1.807) is 18.7 Å². The van der Waals surface area contributed by atoms with Crippen LogP contribution in [-0.4, -0.2) is 41.8 Å². The zero-order valence-electron chi connectivity index (χ0n) is 15.2. The molecule has 1 saturated heterocycles. The third-order valence-electron chi connectivity index (χ3n) is 4.28. The third-order valence-corrected chi connectivity index (χ3v) is 6.77. The summed E-state index contributed by atoms with van der Waals surface area (Å²) in [6.45, 7) is 10.5. The maximum Gasteiger partial charge on any atom is 0.343 e. The first kappa shape index (κ1) is 19.2. The van der Waals surface area contributed by atoms with Crippen LogP contribution in [0.5, 0.6) is 0 Å². The molecule has 0 aromatic heterocycles. The van der Waals surface area contributed by atoms with E-state index in [0.717, 1.165) is 5.56 Å². The van der Waals surface area contributed by atoms with E-state index in [9.17, 15) is 9.36 Å². The van der Waals surface area contributed by atoms with Crippen LogP contribution >= 0.6 is 7.60 Å². The molecule has 1 heterocycles. The van der Waals surface area contributed by atoms with Crippen LogP contribution in [0.25, 0.3) is 0 Å². The van der Waals surface area contributed by atoms with Crippen molar-refractivity contribution in [1.82, 2.24) is 4.90 Å². The van der Waals surface area contributed by atoms with Crippen molar-refractivity contribution in [3.05, 3.63) is 35.9 Å². The van der Waals surface area contributed by atoms with E-state index in [1.807, 2.05) is 51.1 Å². The van der Waals surface area contributed by atoms with Crippen molar-refractivity contribution in [3.8, 4) is 0 Å². The maximum atomic E-state index is 13.4. The molecule has 1 aromatic carbocycles. The summed E-state index contributed by atoms with van der Waals surface area (Å²) >= 11 is 0. The Morgan fingerprint density at radius 1 is 1.12 bits per heavy atom. The fourth-order valence-corrected chi connectivity index (χ4v) is 5.46. The molecule has 134 valence electrons. The molecular weight excluding hydrogens is 325 g/mol. The molecule has 0 N–H and O–H groups in total. The second-order valence-electron chi connectivity index (χ2n) is 6.96. The van der Waals surface area contributed by atoms with Gasteiger partial charge in [-0.25, -0.2) is 0 Å². The fourth-order valence-electron chi connectivity index (χ4n) is 3.22. The van der Waals surface area contributed by atoms with Crippen molar-refractivity contribution in [2.75, 3.05) is 19.8 Å². The predicted molar refractivity (Wildman–Crippen MR) is 95.3 cm³/mol. The number of rotatable bonds is 6. The molecule has 0 saturated carbocycles. The molecule has 2 unspecified atom stereocenters. The van der Waals surface area contributed by atoms with Gasteiger partial charge in [0.05, 0.1) is 13.2 Å². The molecule has 0 bridgehead atoms. The smallest absolute Gasteiger partial charge is 0.336 e. The molecule has 0 spiro atoms. The molecule has 5 nitrogen and oxygen atoms in total. The highest BCUT2D eigenvalue weighted by Gasteiger charge is 2.55. The lowest BCUT2D eigenvalue weighted by Gasteiger charge is -2.32. The number of nitrogens with zero attached hydrogens (tertiary/aromatic N) is 1. The largest absolute Gasteiger partial charge is 0.343 e. The van der Waals surface area contributed by atoms with Crippen molar-refractivity contribution in [2.24, 2.45) is 0 Å². The maximum absolute atomic E-state index is 13.4. The summed E-state index contributed by atoms with van der Waals surface area (Å²) in [4.78, 5) is 14.9. The summed E-state index contributed by atoms with van der Waals surface area (Å²) in [7, 11) is -3.54. The van der Waals surface area contributed by atoms with Crippen LogP contribution in [0.3, 0.4) is 0 Å². The van der Waals surface area contributed by atoms with Gasteiger partial charge in [-0.05, 0) is 40.2 Å². The first-order chi connectivity index (χ1) is 11.2. The van der Waals surface area contributed by atoms with E-state index in [1.165, 1.54) is 0 Å².